The zero-order valence-electron chi connectivity index (χ0n) is 23.0. The highest BCUT2D eigenvalue weighted by molar-refractivity contribution is 6.35. The summed E-state index contributed by atoms with van der Waals surface area (Å²) < 4.78 is 19.5. The number of nitrogens with zero attached hydrogens (tertiary/aromatic N) is 4. The van der Waals surface area contributed by atoms with Gasteiger partial charge in [0.05, 0.1) is 40.8 Å². The van der Waals surface area contributed by atoms with Crippen LogP contribution in [0.1, 0.15) is 51.9 Å². The van der Waals surface area contributed by atoms with Crippen LogP contribution in [-0.2, 0) is 17.8 Å². The second-order valence-electron chi connectivity index (χ2n) is 10.5. The van der Waals surface area contributed by atoms with Gasteiger partial charge in [0.2, 0.25) is 0 Å². The van der Waals surface area contributed by atoms with Crippen LogP contribution in [-0.4, -0.2) is 75.2 Å². The quantitative estimate of drug-likeness (QED) is 0.263. The molecule has 0 bridgehead atoms. The first-order valence-electron chi connectivity index (χ1n) is 13.8. The molecular formula is C30H30Cl2N4O6. The molecular weight excluding hydrogens is 583 g/mol. The van der Waals surface area contributed by atoms with Crippen molar-refractivity contribution < 1.29 is 28.6 Å². The van der Waals surface area contributed by atoms with Gasteiger partial charge >= 0.3 is 5.97 Å². The van der Waals surface area contributed by atoms with Gasteiger partial charge < -0.3 is 28.5 Å². The molecule has 2 aliphatic heterocycles. The number of ether oxygens (including phenoxy) is 2. The molecule has 2 aliphatic rings. The molecule has 2 aromatic heterocycles. The molecule has 0 aliphatic carbocycles. The second-order valence-corrected chi connectivity index (χ2v) is 11.4. The summed E-state index contributed by atoms with van der Waals surface area (Å²) in [6.45, 7) is 6.17. The first-order chi connectivity index (χ1) is 20.2. The van der Waals surface area contributed by atoms with E-state index >= 15 is 0 Å². The fourth-order valence-electron chi connectivity index (χ4n) is 5.23. The normalized spacial score (nSPS) is 18.2. The lowest BCUT2D eigenvalue weighted by atomic mass is 10.1. The molecule has 2 saturated heterocycles. The van der Waals surface area contributed by atoms with Crippen LogP contribution in [0.5, 0.6) is 5.75 Å². The van der Waals surface area contributed by atoms with Crippen molar-refractivity contribution in [2.75, 3.05) is 32.8 Å². The van der Waals surface area contributed by atoms with Gasteiger partial charge in [0.15, 0.2) is 11.9 Å². The van der Waals surface area contributed by atoms with E-state index < -0.39 is 12.1 Å². The topological polar surface area (TPSA) is 110 Å². The molecule has 6 rings (SSSR count). The standard InChI is InChI=1S/C30H30Cl2N4O6/c1-18(41-26-5-3-20(31)15-22(26)32)25-6-7-27(42-25)29(37)35-11-9-34(10-12-35)17-28-33-23-4-2-19(30(38)39)14-24(23)36(28)16-21-8-13-40-21/h2-7,14-15,18,21H,8-13,16-17H2,1H3,(H,38,39)/t18-,21?/m0/s1. The Bertz CT molecular complexity index is 1620. The van der Waals surface area contributed by atoms with Crippen molar-refractivity contribution in [2.45, 2.75) is 38.6 Å². The minimum atomic E-state index is -0.969. The number of carbonyl (C=O) groups excluding carboxylic acids is 1. The molecule has 4 aromatic rings. The lowest BCUT2D eigenvalue weighted by molar-refractivity contribution is -0.0592. The van der Waals surface area contributed by atoms with E-state index in [4.69, 9.17) is 42.1 Å². The number of aromatic carboxylic acids is 1. The fraction of sp³-hybridized carbons (Fsp3) is 0.367. The van der Waals surface area contributed by atoms with Gasteiger partial charge in [-0.05, 0) is 61.9 Å². The molecule has 0 saturated carbocycles. The summed E-state index contributed by atoms with van der Waals surface area (Å²) in [5, 5.41) is 10.4. The van der Waals surface area contributed by atoms with Gasteiger partial charge in [0.1, 0.15) is 17.3 Å². The molecule has 2 fully saturated rings. The van der Waals surface area contributed by atoms with E-state index in [0.29, 0.717) is 60.8 Å². The van der Waals surface area contributed by atoms with Crippen molar-refractivity contribution in [3.8, 4) is 5.75 Å². The minimum absolute atomic E-state index is 0.0959. The van der Waals surface area contributed by atoms with Crippen molar-refractivity contribution >= 4 is 46.1 Å². The summed E-state index contributed by atoms with van der Waals surface area (Å²) in [5.41, 5.74) is 1.78. The zero-order chi connectivity index (χ0) is 29.4. The second kappa shape index (κ2) is 12.0. The van der Waals surface area contributed by atoms with E-state index in [-0.39, 0.29) is 23.3 Å². The van der Waals surface area contributed by atoms with Crippen molar-refractivity contribution in [3.63, 3.8) is 0 Å². The van der Waals surface area contributed by atoms with Crippen LogP contribution >= 0.6 is 23.2 Å². The number of hydrogen-bond donors (Lipinski definition) is 1. The third-order valence-corrected chi connectivity index (χ3v) is 8.24. The Labute approximate surface area is 252 Å². The highest BCUT2D eigenvalue weighted by Crippen LogP contribution is 2.32. The SMILES string of the molecule is C[C@H](Oc1ccc(Cl)cc1Cl)c1ccc(C(=O)N2CCN(Cc3nc4ccc(C(=O)O)cc4n3CC3CCO3)CC2)o1. The third-order valence-electron chi connectivity index (χ3n) is 7.71. The van der Waals surface area contributed by atoms with Crippen LogP contribution in [0.3, 0.4) is 0 Å². The molecule has 4 heterocycles. The summed E-state index contributed by atoms with van der Waals surface area (Å²) >= 11 is 12.2. The molecule has 220 valence electrons. The summed E-state index contributed by atoms with van der Waals surface area (Å²) in [6.07, 6.45) is 0.601. The van der Waals surface area contributed by atoms with E-state index in [1.165, 1.54) is 0 Å². The molecule has 0 radical (unpaired) electrons. The molecule has 1 unspecified atom stereocenters. The average Bonchev–Trinajstić information content (AvgIpc) is 3.57. The van der Waals surface area contributed by atoms with E-state index in [1.54, 1.807) is 53.4 Å². The Morgan fingerprint density at radius 3 is 2.57 bits per heavy atom. The number of aromatic nitrogens is 2. The molecule has 0 spiro atoms. The Balaban J connectivity index is 1.09. The van der Waals surface area contributed by atoms with Crippen molar-refractivity contribution in [1.29, 1.82) is 0 Å². The number of carboxylic acids is 1. The summed E-state index contributed by atoms with van der Waals surface area (Å²) in [5.74, 6) is 0.964. The monoisotopic (exact) mass is 612 g/mol. The van der Waals surface area contributed by atoms with Crippen LogP contribution < -0.4 is 4.74 Å². The Hall–Kier alpha value is -3.57. The molecule has 1 amide bonds. The number of hydrogen-bond acceptors (Lipinski definition) is 7. The van der Waals surface area contributed by atoms with Gasteiger partial charge in [0, 0.05) is 37.8 Å². The van der Waals surface area contributed by atoms with E-state index in [2.05, 4.69) is 9.47 Å². The van der Waals surface area contributed by atoms with Gasteiger partial charge in [-0.15, -0.1) is 0 Å². The first-order valence-corrected chi connectivity index (χ1v) is 14.6. The summed E-state index contributed by atoms with van der Waals surface area (Å²) in [7, 11) is 0. The molecule has 10 nitrogen and oxygen atoms in total. The number of imidazole rings is 1. The number of halogens is 2. The first kappa shape index (κ1) is 28.5. The highest BCUT2D eigenvalue weighted by atomic mass is 35.5. The predicted octanol–water partition coefficient (Wildman–Crippen LogP) is 5.52. The number of carbonyl (C=O) groups is 2. The van der Waals surface area contributed by atoms with Gasteiger partial charge in [-0.2, -0.15) is 0 Å². The van der Waals surface area contributed by atoms with Crippen LogP contribution in [0.4, 0.5) is 0 Å². The molecule has 2 aromatic carbocycles. The van der Waals surface area contributed by atoms with Crippen LogP contribution in [0.15, 0.2) is 52.9 Å². The van der Waals surface area contributed by atoms with Crippen LogP contribution in [0.2, 0.25) is 10.0 Å². The Morgan fingerprint density at radius 1 is 1.10 bits per heavy atom. The number of benzene rings is 2. The Kier molecular flexibility index (Phi) is 8.13. The van der Waals surface area contributed by atoms with Crippen molar-refractivity contribution in [3.05, 3.63) is 81.5 Å². The lowest BCUT2D eigenvalue weighted by Crippen LogP contribution is -2.48. The van der Waals surface area contributed by atoms with E-state index in [1.807, 2.05) is 6.92 Å². The maximum absolute atomic E-state index is 13.2. The summed E-state index contributed by atoms with van der Waals surface area (Å²) in [6, 6.07) is 13.4. The lowest BCUT2D eigenvalue weighted by Gasteiger charge is -2.34. The van der Waals surface area contributed by atoms with Gasteiger partial charge in [-0.25, -0.2) is 9.78 Å². The van der Waals surface area contributed by atoms with E-state index in [9.17, 15) is 14.7 Å². The summed E-state index contributed by atoms with van der Waals surface area (Å²) in [4.78, 5) is 33.7. The molecule has 2 atom stereocenters. The molecule has 1 N–H and O–H groups in total. The van der Waals surface area contributed by atoms with E-state index in [0.717, 1.165) is 29.9 Å². The van der Waals surface area contributed by atoms with Crippen molar-refractivity contribution in [1.82, 2.24) is 19.4 Å². The van der Waals surface area contributed by atoms with Crippen molar-refractivity contribution in [2.24, 2.45) is 0 Å². The minimum Gasteiger partial charge on any atom is -0.481 e. The fourth-order valence-corrected chi connectivity index (χ4v) is 5.69. The predicted molar refractivity (Wildman–Crippen MR) is 156 cm³/mol. The smallest absolute Gasteiger partial charge is 0.335 e. The maximum Gasteiger partial charge on any atom is 0.335 e. The van der Waals surface area contributed by atoms with Crippen LogP contribution in [0, 0.1) is 0 Å². The van der Waals surface area contributed by atoms with Gasteiger partial charge in [0.25, 0.3) is 5.91 Å². The molecule has 42 heavy (non-hydrogen) atoms. The maximum atomic E-state index is 13.2. The number of amides is 1. The van der Waals surface area contributed by atoms with Crippen LogP contribution in [0.25, 0.3) is 11.0 Å². The Morgan fingerprint density at radius 2 is 1.88 bits per heavy atom. The largest absolute Gasteiger partial charge is 0.481 e. The number of carboxylic acid groups (broad SMARTS) is 1. The third kappa shape index (κ3) is 5.98. The zero-order valence-corrected chi connectivity index (χ0v) is 24.5. The van der Waals surface area contributed by atoms with Gasteiger partial charge in [-0.3, -0.25) is 9.69 Å². The number of piperazine rings is 1. The number of furan rings is 1. The average molecular weight is 613 g/mol. The number of rotatable bonds is 9. The van der Waals surface area contributed by atoms with Gasteiger partial charge in [-0.1, -0.05) is 23.2 Å². The number of fused-ring (bicyclic) bond motifs is 1. The molecule has 12 heteroatoms. The highest BCUT2D eigenvalue weighted by Gasteiger charge is 2.28.